The van der Waals surface area contributed by atoms with Gasteiger partial charge in [-0.1, -0.05) is 24.9 Å². The van der Waals surface area contributed by atoms with E-state index in [0.29, 0.717) is 12.1 Å². The van der Waals surface area contributed by atoms with Crippen molar-refractivity contribution in [2.75, 3.05) is 0 Å². The summed E-state index contributed by atoms with van der Waals surface area (Å²) >= 11 is 5.72. The van der Waals surface area contributed by atoms with E-state index in [0.717, 1.165) is 19.3 Å². The van der Waals surface area contributed by atoms with Crippen LogP contribution in [-0.2, 0) is 4.79 Å². The van der Waals surface area contributed by atoms with Crippen molar-refractivity contribution in [2.45, 2.75) is 31.2 Å². The number of hydrogen-bond donors (Lipinski definition) is 0. The van der Waals surface area contributed by atoms with Gasteiger partial charge in [0.05, 0.1) is 6.21 Å². The molecule has 0 amide bonds. The summed E-state index contributed by atoms with van der Waals surface area (Å²) in [5.41, 5.74) is 0. The molecular weight excluding hydrogens is 176 g/mol. The summed E-state index contributed by atoms with van der Waals surface area (Å²) in [7, 11) is 0. The van der Waals surface area contributed by atoms with E-state index in [4.69, 9.17) is 11.6 Å². The van der Waals surface area contributed by atoms with Gasteiger partial charge in [-0.15, -0.1) is 0 Å². The fraction of sp³-hybridized carbons (Fsp3) is 0.625. The Morgan fingerprint density at radius 2 is 2.50 bits per heavy atom. The molecule has 4 heteroatoms. The van der Waals surface area contributed by atoms with Crippen LogP contribution in [0.3, 0.4) is 0 Å². The first-order valence-corrected chi connectivity index (χ1v) is 4.37. The van der Waals surface area contributed by atoms with Crippen LogP contribution in [0.5, 0.6) is 0 Å². The molecule has 1 aliphatic heterocycles. The van der Waals surface area contributed by atoms with Gasteiger partial charge in [-0.2, -0.15) is 0 Å². The molecule has 1 rings (SSSR count). The number of nitrogens with zero attached hydrogens (tertiary/aromatic N) is 2. The monoisotopic (exact) mass is 186 g/mol. The molecule has 0 bridgehead atoms. The molecule has 0 fully saturated rings. The first-order valence-electron chi connectivity index (χ1n) is 3.99. The van der Waals surface area contributed by atoms with Crippen LogP contribution in [0.1, 0.15) is 26.2 Å². The lowest BCUT2D eigenvalue weighted by atomic mass is 10.2. The standard InChI is InChI=1S/C8H11ClN2O/c1-2-3-4-7-10-5-8(9,6-12)11-7/h5-6H,2-4H2,1H3. The Bertz CT molecular complexity index is 237. The van der Waals surface area contributed by atoms with Gasteiger partial charge < -0.3 is 0 Å². The Balaban J connectivity index is 2.55. The number of amidine groups is 1. The van der Waals surface area contributed by atoms with Gasteiger partial charge in [-0.3, -0.25) is 4.79 Å². The summed E-state index contributed by atoms with van der Waals surface area (Å²) in [5.74, 6) is 0.680. The fourth-order valence-corrected chi connectivity index (χ4v) is 1.08. The number of carbonyl (C=O) groups excluding carboxylic acids is 1. The van der Waals surface area contributed by atoms with Crippen LogP contribution < -0.4 is 0 Å². The first kappa shape index (κ1) is 9.39. The zero-order chi connectivity index (χ0) is 9.03. The first-order chi connectivity index (χ1) is 5.70. The lowest BCUT2D eigenvalue weighted by Crippen LogP contribution is -2.19. The van der Waals surface area contributed by atoms with Crippen LogP contribution in [0.4, 0.5) is 0 Å². The van der Waals surface area contributed by atoms with Crippen molar-refractivity contribution in [3.8, 4) is 0 Å². The Hall–Kier alpha value is -0.700. The van der Waals surface area contributed by atoms with Gasteiger partial charge in [0, 0.05) is 6.42 Å². The summed E-state index contributed by atoms with van der Waals surface area (Å²) in [6, 6.07) is 0. The number of unbranched alkanes of at least 4 members (excludes halogenated alkanes) is 1. The SMILES string of the molecule is CCCCC1=NC(Cl)(C=O)C=N1. The van der Waals surface area contributed by atoms with Crippen molar-refractivity contribution >= 4 is 29.9 Å². The maximum atomic E-state index is 10.4. The minimum Gasteiger partial charge on any atom is -0.299 e. The smallest absolute Gasteiger partial charge is 0.225 e. The van der Waals surface area contributed by atoms with Gasteiger partial charge in [0.25, 0.3) is 0 Å². The lowest BCUT2D eigenvalue weighted by molar-refractivity contribution is -0.108. The van der Waals surface area contributed by atoms with E-state index >= 15 is 0 Å². The molecule has 0 aromatic heterocycles. The third kappa shape index (κ3) is 2.14. The molecule has 0 N–H and O–H groups in total. The Morgan fingerprint density at radius 3 is 3.00 bits per heavy atom. The van der Waals surface area contributed by atoms with E-state index in [1.165, 1.54) is 6.21 Å². The van der Waals surface area contributed by atoms with Crippen molar-refractivity contribution in [1.82, 2.24) is 0 Å². The molecule has 0 saturated carbocycles. The van der Waals surface area contributed by atoms with Crippen LogP contribution in [0, 0.1) is 0 Å². The number of carbonyl (C=O) groups is 1. The molecule has 1 atom stereocenters. The predicted molar refractivity (Wildman–Crippen MR) is 50.1 cm³/mol. The van der Waals surface area contributed by atoms with E-state index in [1.54, 1.807) is 0 Å². The van der Waals surface area contributed by atoms with Gasteiger partial charge in [0.15, 0.2) is 6.29 Å². The van der Waals surface area contributed by atoms with Crippen molar-refractivity contribution < 1.29 is 4.79 Å². The number of alkyl halides is 1. The van der Waals surface area contributed by atoms with Crippen LogP contribution in [-0.4, -0.2) is 23.3 Å². The van der Waals surface area contributed by atoms with Crippen LogP contribution in [0.15, 0.2) is 9.98 Å². The van der Waals surface area contributed by atoms with E-state index < -0.39 is 5.00 Å². The highest BCUT2D eigenvalue weighted by molar-refractivity contribution is 6.42. The van der Waals surface area contributed by atoms with Gasteiger partial charge in [-0.05, 0) is 6.42 Å². The van der Waals surface area contributed by atoms with E-state index in [9.17, 15) is 4.79 Å². The molecule has 12 heavy (non-hydrogen) atoms. The average molecular weight is 187 g/mol. The number of rotatable bonds is 4. The topological polar surface area (TPSA) is 41.8 Å². The molecule has 0 radical (unpaired) electrons. The summed E-state index contributed by atoms with van der Waals surface area (Å²) in [6.07, 6.45) is 4.89. The highest BCUT2D eigenvalue weighted by Gasteiger charge is 2.27. The maximum Gasteiger partial charge on any atom is 0.225 e. The molecule has 0 aliphatic carbocycles. The average Bonchev–Trinajstić information content (AvgIpc) is 2.45. The number of hydrogen-bond acceptors (Lipinski definition) is 3. The highest BCUT2D eigenvalue weighted by atomic mass is 35.5. The summed E-state index contributed by atoms with van der Waals surface area (Å²) in [4.78, 5) is 17.1. The second kappa shape index (κ2) is 3.81. The molecule has 66 valence electrons. The van der Waals surface area contributed by atoms with Gasteiger partial charge >= 0.3 is 0 Å². The van der Waals surface area contributed by atoms with Crippen molar-refractivity contribution in [3.63, 3.8) is 0 Å². The molecule has 0 aromatic rings. The quantitative estimate of drug-likeness (QED) is 0.375. The van der Waals surface area contributed by atoms with E-state index in [-0.39, 0.29) is 0 Å². The second-order valence-corrected chi connectivity index (χ2v) is 3.34. The van der Waals surface area contributed by atoms with Gasteiger partial charge in [-0.25, -0.2) is 9.98 Å². The molecule has 1 unspecified atom stereocenters. The Morgan fingerprint density at radius 1 is 1.75 bits per heavy atom. The van der Waals surface area contributed by atoms with Gasteiger partial charge in [0.1, 0.15) is 5.84 Å². The fourth-order valence-electron chi connectivity index (χ4n) is 0.933. The van der Waals surface area contributed by atoms with Gasteiger partial charge in [0.2, 0.25) is 5.00 Å². The third-order valence-corrected chi connectivity index (χ3v) is 1.89. The summed E-state index contributed by atoms with van der Waals surface area (Å²) in [6.45, 7) is 2.09. The summed E-state index contributed by atoms with van der Waals surface area (Å²) < 4.78 is 0. The third-order valence-electron chi connectivity index (χ3n) is 1.61. The highest BCUT2D eigenvalue weighted by Crippen LogP contribution is 2.18. The van der Waals surface area contributed by atoms with Crippen molar-refractivity contribution in [2.24, 2.45) is 9.98 Å². The molecular formula is C8H11ClN2O. The van der Waals surface area contributed by atoms with E-state index in [1.807, 2.05) is 0 Å². The predicted octanol–water partition coefficient (Wildman–Crippen LogP) is 1.79. The van der Waals surface area contributed by atoms with Crippen molar-refractivity contribution in [3.05, 3.63) is 0 Å². The van der Waals surface area contributed by atoms with Crippen LogP contribution in [0.2, 0.25) is 0 Å². The Labute approximate surface area is 76.5 Å². The molecule has 1 heterocycles. The number of aliphatic imine (C=N–C) groups is 2. The molecule has 0 saturated heterocycles. The lowest BCUT2D eigenvalue weighted by Gasteiger charge is -2.01. The zero-order valence-corrected chi connectivity index (χ0v) is 7.71. The number of halogens is 1. The Kier molecular flexibility index (Phi) is 2.98. The molecule has 3 nitrogen and oxygen atoms in total. The normalized spacial score (nSPS) is 27.3. The van der Waals surface area contributed by atoms with Crippen LogP contribution in [0.25, 0.3) is 0 Å². The molecule has 0 aromatic carbocycles. The minimum absolute atomic E-state index is 0.594. The molecule has 0 spiro atoms. The second-order valence-electron chi connectivity index (χ2n) is 2.74. The maximum absolute atomic E-state index is 10.4. The summed E-state index contributed by atoms with van der Waals surface area (Å²) in [5, 5.41) is 0. The minimum atomic E-state index is -1.21. The molecule has 1 aliphatic rings. The van der Waals surface area contributed by atoms with Crippen molar-refractivity contribution in [1.29, 1.82) is 0 Å². The van der Waals surface area contributed by atoms with Crippen LogP contribution >= 0.6 is 11.6 Å². The van der Waals surface area contributed by atoms with E-state index in [2.05, 4.69) is 16.9 Å². The number of aldehydes is 1. The zero-order valence-electron chi connectivity index (χ0n) is 6.96. The largest absolute Gasteiger partial charge is 0.299 e.